The van der Waals surface area contributed by atoms with E-state index in [2.05, 4.69) is 4.99 Å². The van der Waals surface area contributed by atoms with Crippen molar-refractivity contribution in [2.75, 3.05) is 6.61 Å². The SMILES string of the molecule is CC1=C(C(=O)OCC(C)C)[C@@H](c2cccc(F)c2)N2C(=O)[C@@H](C)SC2=N1. The van der Waals surface area contributed by atoms with Crippen LogP contribution in [0.4, 0.5) is 4.39 Å². The van der Waals surface area contributed by atoms with Crippen molar-refractivity contribution in [1.82, 2.24) is 4.90 Å². The summed E-state index contributed by atoms with van der Waals surface area (Å²) in [6.07, 6.45) is 0. The third-order valence-corrected chi connectivity index (χ3v) is 5.24. The number of halogens is 1. The van der Waals surface area contributed by atoms with E-state index in [9.17, 15) is 14.0 Å². The van der Waals surface area contributed by atoms with Crippen LogP contribution >= 0.6 is 11.8 Å². The first kappa shape index (κ1) is 18.6. The molecule has 0 saturated carbocycles. The molecule has 2 heterocycles. The Morgan fingerprint density at radius 3 is 2.81 bits per heavy atom. The number of nitrogens with zero attached hydrogens (tertiary/aromatic N) is 2. The van der Waals surface area contributed by atoms with Gasteiger partial charge in [-0.2, -0.15) is 0 Å². The maximum atomic E-state index is 13.8. The molecule has 0 bridgehead atoms. The fourth-order valence-corrected chi connectivity index (χ4v) is 4.01. The summed E-state index contributed by atoms with van der Waals surface area (Å²) in [6.45, 7) is 7.66. The van der Waals surface area contributed by atoms with E-state index in [0.29, 0.717) is 16.4 Å². The third-order valence-electron chi connectivity index (χ3n) is 4.19. The average molecular weight is 376 g/mol. The van der Waals surface area contributed by atoms with Crippen molar-refractivity contribution in [1.29, 1.82) is 0 Å². The molecule has 138 valence electrons. The molecule has 7 heteroatoms. The lowest BCUT2D eigenvalue weighted by Crippen LogP contribution is -2.40. The van der Waals surface area contributed by atoms with Crippen LogP contribution in [0.3, 0.4) is 0 Å². The van der Waals surface area contributed by atoms with E-state index in [0.717, 1.165) is 0 Å². The van der Waals surface area contributed by atoms with Crippen molar-refractivity contribution in [3.63, 3.8) is 0 Å². The molecule has 0 N–H and O–H groups in total. The molecule has 0 radical (unpaired) electrons. The number of ether oxygens (including phenoxy) is 1. The maximum Gasteiger partial charge on any atom is 0.338 e. The first-order valence-electron chi connectivity index (χ1n) is 8.51. The summed E-state index contributed by atoms with van der Waals surface area (Å²) in [6, 6.07) is 5.22. The summed E-state index contributed by atoms with van der Waals surface area (Å²) in [7, 11) is 0. The van der Waals surface area contributed by atoms with Crippen molar-refractivity contribution in [3.05, 3.63) is 46.9 Å². The van der Waals surface area contributed by atoms with Crippen molar-refractivity contribution in [3.8, 4) is 0 Å². The van der Waals surface area contributed by atoms with E-state index in [1.165, 1.54) is 28.8 Å². The quantitative estimate of drug-likeness (QED) is 0.753. The van der Waals surface area contributed by atoms with E-state index < -0.39 is 17.8 Å². The lowest BCUT2D eigenvalue weighted by Gasteiger charge is -2.33. The highest BCUT2D eigenvalue weighted by Crippen LogP contribution is 2.43. The molecule has 1 aromatic carbocycles. The second kappa shape index (κ2) is 7.23. The van der Waals surface area contributed by atoms with E-state index in [-0.39, 0.29) is 29.3 Å². The molecule has 0 aliphatic carbocycles. The maximum absolute atomic E-state index is 13.8. The van der Waals surface area contributed by atoms with E-state index in [1.807, 2.05) is 13.8 Å². The van der Waals surface area contributed by atoms with E-state index in [4.69, 9.17) is 4.74 Å². The smallest absolute Gasteiger partial charge is 0.338 e. The van der Waals surface area contributed by atoms with Gasteiger partial charge in [0.1, 0.15) is 5.82 Å². The molecule has 2 atom stereocenters. The van der Waals surface area contributed by atoms with Gasteiger partial charge in [-0.15, -0.1) is 0 Å². The summed E-state index contributed by atoms with van der Waals surface area (Å²) in [5, 5.41) is 0.235. The number of thioether (sulfide) groups is 1. The predicted molar refractivity (Wildman–Crippen MR) is 99.0 cm³/mol. The molecule has 1 fully saturated rings. The van der Waals surface area contributed by atoms with Gasteiger partial charge in [-0.05, 0) is 37.5 Å². The largest absolute Gasteiger partial charge is 0.462 e. The number of allylic oxidation sites excluding steroid dienone is 1. The number of hydrogen-bond donors (Lipinski definition) is 0. The van der Waals surface area contributed by atoms with Gasteiger partial charge in [-0.3, -0.25) is 9.69 Å². The number of hydrogen-bond acceptors (Lipinski definition) is 5. The van der Waals surface area contributed by atoms with Crippen LogP contribution in [0, 0.1) is 11.7 Å². The van der Waals surface area contributed by atoms with Crippen LogP contribution in [-0.4, -0.2) is 33.8 Å². The second-order valence-corrected chi connectivity index (χ2v) is 8.12. The second-order valence-electron chi connectivity index (χ2n) is 6.81. The average Bonchev–Trinajstić information content (AvgIpc) is 2.85. The number of fused-ring (bicyclic) bond motifs is 1. The molecule has 2 aliphatic rings. The van der Waals surface area contributed by atoms with Gasteiger partial charge in [0, 0.05) is 0 Å². The minimum Gasteiger partial charge on any atom is -0.462 e. The molecule has 0 spiro atoms. The molecule has 2 aliphatic heterocycles. The summed E-state index contributed by atoms with van der Waals surface area (Å²) in [5.74, 6) is -0.916. The van der Waals surface area contributed by atoms with Crippen molar-refractivity contribution in [2.24, 2.45) is 10.9 Å². The summed E-state index contributed by atoms with van der Waals surface area (Å²) < 4.78 is 19.2. The van der Waals surface area contributed by atoms with E-state index >= 15 is 0 Å². The van der Waals surface area contributed by atoms with Crippen molar-refractivity contribution < 1.29 is 18.7 Å². The highest BCUT2D eigenvalue weighted by atomic mass is 32.2. The fourth-order valence-electron chi connectivity index (χ4n) is 2.98. The van der Waals surface area contributed by atoms with Crippen LogP contribution in [0.1, 0.15) is 39.3 Å². The molecular formula is C19H21FN2O3S. The lowest BCUT2D eigenvalue weighted by molar-refractivity contribution is -0.141. The van der Waals surface area contributed by atoms with Gasteiger partial charge in [0.2, 0.25) is 5.91 Å². The Morgan fingerprint density at radius 2 is 2.15 bits per heavy atom. The van der Waals surface area contributed by atoms with Gasteiger partial charge in [-0.1, -0.05) is 37.7 Å². The summed E-state index contributed by atoms with van der Waals surface area (Å²) >= 11 is 1.34. The number of carbonyl (C=O) groups excluding carboxylic acids is 2. The number of benzene rings is 1. The van der Waals surface area contributed by atoms with Gasteiger partial charge in [-0.25, -0.2) is 14.2 Å². The van der Waals surface area contributed by atoms with E-state index in [1.54, 1.807) is 26.0 Å². The molecule has 26 heavy (non-hydrogen) atoms. The molecule has 5 nitrogen and oxygen atoms in total. The zero-order valence-electron chi connectivity index (χ0n) is 15.2. The third kappa shape index (κ3) is 3.40. The van der Waals surface area contributed by atoms with Crippen LogP contribution in [0.2, 0.25) is 0 Å². The van der Waals surface area contributed by atoms with Gasteiger partial charge in [0.05, 0.1) is 29.2 Å². The highest BCUT2D eigenvalue weighted by Gasteiger charge is 2.46. The Bertz CT molecular complexity index is 819. The lowest BCUT2D eigenvalue weighted by atomic mass is 9.94. The molecule has 1 saturated heterocycles. The number of amides is 1. The summed E-state index contributed by atoms with van der Waals surface area (Å²) in [5.41, 5.74) is 1.30. The fraction of sp³-hybridized carbons (Fsp3) is 0.421. The monoisotopic (exact) mass is 376 g/mol. The Labute approximate surface area is 156 Å². The van der Waals surface area contributed by atoms with Crippen LogP contribution in [0.25, 0.3) is 0 Å². The number of rotatable bonds is 4. The van der Waals surface area contributed by atoms with Crippen LogP contribution in [-0.2, 0) is 14.3 Å². The summed E-state index contributed by atoms with van der Waals surface area (Å²) in [4.78, 5) is 31.4. The zero-order valence-corrected chi connectivity index (χ0v) is 16.0. The predicted octanol–water partition coefficient (Wildman–Crippen LogP) is 3.67. The number of amidine groups is 1. The molecule has 0 aromatic heterocycles. The van der Waals surface area contributed by atoms with Gasteiger partial charge in [0.25, 0.3) is 0 Å². The Balaban J connectivity index is 2.08. The first-order valence-corrected chi connectivity index (χ1v) is 9.39. The van der Waals surface area contributed by atoms with Gasteiger partial charge < -0.3 is 4.74 Å². The Hall–Kier alpha value is -2.15. The molecule has 3 rings (SSSR count). The minimum atomic E-state index is -0.734. The van der Waals surface area contributed by atoms with Crippen LogP contribution in [0.15, 0.2) is 40.5 Å². The van der Waals surface area contributed by atoms with Gasteiger partial charge in [0.15, 0.2) is 5.17 Å². The normalized spacial score (nSPS) is 22.6. The standard InChI is InChI=1S/C19H21FN2O3S/c1-10(2)9-25-18(24)15-11(3)21-19-22(17(23)12(4)26-19)16(15)13-6-5-7-14(20)8-13/h5-8,10,12,16H,9H2,1-4H3/t12-,16-/m1/s1. The molecule has 0 unspecified atom stereocenters. The topological polar surface area (TPSA) is 59.0 Å². The number of carbonyl (C=O) groups is 2. The zero-order chi connectivity index (χ0) is 19.0. The number of aliphatic imine (C=N–C) groups is 1. The Kier molecular flexibility index (Phi) is 5.18. The molecular weight excluding hydrogens is 355 g/mol. The number of esters is 1. The van der Waals surface area contributed by atoms with Crippen LogP contribution in [0.5, 0.6) is 0 Å². The van der Waals surface area contributed by atoms with Crippen molar-refractivity contribution >= 4 is 28.8 Å². The molecule has 1 aromatic rings. The first-order chi connectivity index (χ1) is 12.3. The highest BCUT2D eigenvalue weighted by molar-refractivity contribution is 8.15. The molecule has 1 amide bonds. The minimum absolute atomic E-state index is 0.148. The van der Waals surface area contributed by atoms with Crippen LogP contribution < -0.4 is 0 Å². The van der Waals surface area contributed by atoms with Gasteiger partial charge >= 0.3 is 5.97 Å². The Morgan fingerprint density at radius 1 is 1.42 bits per heavy atom. The van der Waals surface area contributed by atoms with Crippen molar-refractivity contribution in [2.45, 2.75) is 39.0 Å².